The van der Waals surface area contributed by atoms with Crippen LogP contribution in [0.5, 0.6) is 0 Å². The lowest BCUT2D eigenvalue weighted by molar-refractivity contribution is 0.0672. The smallest absolute Gasteiger partial charge is 0.253 e. The van der Waals surface area contributed by atoms with Gasteiger partial charge in [-0.25, -0.2) is 0 Å². The van der Waals surface area contributed by atoms with Crippen LogP contribution in [-0.2, 0) is 0 Å². The minimum absolute atomic E-state index is 0.0899. The van der Waals surface area contributed by atoms with Gasteiger partial charge in [-0.3, -0.25) is 9.59 Å². The van der Waals surface area contributed by atoms with E-state index in [1.165, 1.54) is 12.8 Å². The fourth-order valence-corrected chi connectivity index (χ4v) is 3.87. The van der Waals surface area contributed by atoms with Gasteiger partial charge >= 0.3 is 0 Å². The predicted molar refractivity (Wildman–Crippen MR) is 95.0 cm³/mol. The van der Waals surface area contributed by atoms with Crippen LogP contribution in [0.4, 0.5) is 0 Å². The molecule has 2 saturated heterocycles. The van der Waals surface area contributed by atoms with Gasteiger partial charge in [-0.05, 0) is 61.8 Å². The molecule has 0 aliphatic carbocycles. The molecule has 0 spiro atoms. The number of nitrogens with zero attached hydrogens (tertiary/aromatic N) is 2. The summed E-state index contributed by atoms with van der Waals surface area (Å²) in [5.41, 5.74) is 1.38. The first-order chi connectivity index (χ1) is 11.5. The van der Waals surface area contributed by atoms with Crippen molar-refractivity contribution < 1.29 is 9.59 Å². The Morgan fingerprint density at radius 3 is 1.50 bits per heavy atom. The largest absolute Gasteiger partial charge is 0.338 e. The van der Waals surface area contributed by atoms with Crippen molar-refractivity contribution in [2.45, 2.75) is 39.5 Å². The average molecular weight is 328 g/mol. The van der Waals surface area contributed by atoms with Gasteiger partial charge in [-0.2, -0.15) is 0 Å². The van der Waals surface area contributed by atoms with Gasteiger partial charge in [-0.15, -0.1) is 0 Å². The van der Waals surface area contributed by atoms with Gasteiger partial charge in [0.15, 0.2) is 0 Å². The van der Waals surface area contributed by atoms with Gasteiger partial charge in [-0.1, -0.05) is 13.8 Å². The lowest BCUT2D eigenvalue weighted by Crippen LogP contribution is -2.39. The average Bonchev–Trinajstić information content (AvgIpc) is 2.60. The second-order valence-corrected chi connectivity index (χ2v) is 7.57. The molecule has 2 heterocycles. The molecule has 1 aromatic carbocycles. The zero-order chi connectivity index (χ0) is 17.1. The number of likely N-dealkylation sites (tertiary alicyclic amines) is 2. The monoisotopic (exact) mass is 328 g/mol. The molecular weight excluding hydrogens is 300 g/mol. The Balaban J connectivity index is 1.66. The van der Waals surface area contributed by atoms with Crippen molar-refractivity contribution in [2.24, 2.45) is 11.8 Å². The fourth-order valence-electron chi connectivity index (χ4n) is 3.87. The van der Waals surface area contributed by atoms with Crippen molar-refractivity contribution in [3.63, 3.8) is 0 Å². The highest BCUT2D eigenvalue weighted by Gasteiger charge is 2.24. The summed E-state index contributed by atoms with van der Waals surface area (Å²) in [6.45, 7) is 7.75. The maximum atomic E-state index is 12.6. The summed E-state index contributed by atoms with van der Waals surface area (Å²) in [5.74, 6) is 1.33. The van der Waals surface area contributed by atoms with Gasteiger partial charge in [0.05, 0.1) is 0 Å². The van der Waals surface area contributed by atoms with Crippen LogP contribution in [-0.4, -0.2) is 47.8 Å². The lowest BCUT2D eigenvalue weighted by atomic mass is 9.98. The first kappa shape index (κ1) is 17.0. The highest BCUT2D eigenvalue weighted by atomic mass is 16.2. The number of rotatable bonds is 2. The molecule has 2 atom stereocenters. The second kappa shape index (κ2) is 7.37. The standard InChI is InChI=1S/C20H28N2O2/c1-15-5-3-11-21(13-15)19(23)17-7-9-18(10-8-17)20(24)22-12-4-6-16(2)14-22/h7-10,15-16H,3-6,11-14H2,1-2H3/t15-,16-/m1/s1. The van der Waals surface area contributed by atoms with Crippen molar-refractivity contribution in [2.75, 3.05) is 26.2 Å². The summed E-state index contributed by atoms with van der Waals surface area (Å²) in [4.78, 5) is 29.1. The van der Waals surface area contributed by atoms with Crippen molar-refractivity contribution >= 4 is 11.8 Å². The highest BCUT2D eigenvalue weighted by Crippen LogP contribution is 2.20. The molecule has 4 nitrogen and oxygen atoms in total. The number of piperidine rings is 2. The lowest BCUT2D eigenvalue weighted by Gasteiger charge is -2.31. The number of carbonyl (C=O) groups excluding carboxylic acids is 2. The minimum Gasteiger partial charge on any atom is -0.338 e. The topological polar surface area (TPSA) is 40.6 Å². The van der Waals surface area contributed by atoms with E-state index < -0.39 is 0 Å². The maximum Gasteiger partial charge on any atom is 0.253 e. The molecule has 0 unspecified atom stereocenters. The van der Waals surface area contributed by atoms with Crippen molar-refractivity contribution in [1.82, 2.24) is 9.80 Å². The van der Waals surface area contributed by atoms with Gasteiger partial charge in [0.1, 0.15) is 0 Å². The Kier molecular flexibility index (Phi) is 5.22. The zero-order valence-electron chi connectivity index (χ0n) is 14.8. The van der Waals surface area contributed by atoms with E-state index in [9.17, 15) is 9.59 Å². The van der Waals surface area contributed by atoms with Crippen LogP contribution >= 0.6 is 0 Å². The van der Waals surface area contributed by atoms with E-state index >= 15 is 0 Å². The molecule has 2 fully saturated rings. The van der Waals surface area contributed by atoms with Gasteiger partial charge in [0.2, 0.25) is 0 Å². The molecule has 3 rings (SSSR count). The van der Waals surface area contributed by atoms with E-state index in [4.69, 9.17) is 0 Å². The molecule has 24 heavy (non-hydrogen) atoms. The van der Waals surface area contributed by atoms with Crippen LogP contribution in [0.3, 0.4) is 0 Å². The third-order valence-electron chi connectivity index (χ3n) is 5.27. The summed E-state index contributed by atoms with van der Waals surface area (Å²) in [5, 5.41) is 0. The van der Waals surface area contributed by atoms with E-state index in [0.29, 0.717) is 23.0 Å². The molecule has 2 aliphatic heterocycles. The highest BCUT2D eigenvalue weighted by molar-refractivity contribution is 5.97. The molecular formula is C20H28N2O2. The Bertz CT molecular complexity index is 543. The van der Waals surface area contributed by atoms with E-state index in [-0.39, 0.29) is 11.8 Å². The molecule has 2 aliphatic rings. The molecule has 0 saturated carbocycles. The number of hydrogen-bond acceptors (Lipinski definition) is 2. The quantitative estimate of drug-likeness (QED) is 0.834. The minimum atomic E-state index is 0.0899. The number of benzene rings is 1. The van der Waals surface area contributed by atoms with Gasteiger partial charge in [0, 0.05) is 37.3 Å². The van der Waals surface area contributed by atoms with E-state index in [0.717, 1.165) is 39.0 Å². The number of amides is 2. The normalized spacial score (nSPS) is 24.8. The predicted octanol–water partition coefficient (Wildman–Crippen LogP) is 3.43. The summed E-state index contributed by atoms with van der Waals surface area (Å²) in [7, 11) is 0. The van der Waals surface area contributed by atoms with Crippen LogP contribution < -0.4 is 0 Å². The first-order valence-corrected chi connectivity index (χ1v) is 9.23. The van der Waals surface area contributed by atoms with Crippen LogP contribution in [0, 0.1) is 11.8 Å². The van der Waals surface area contributed by atoms with Crippen LogP contribution in [0.1, 0.15) is 60.2 Å². The number of hydrogen-bond donors (Lipinski definition) is 0. The Labute approximate surface area is 144 Å². The maximum absolute atomic E-state index is 12.6. The molecule has 0 aromatic heterocycles. The Morgan fingerprint density at radius 1 is 0.792 bits per heavy atom. The van der Waals surface area contributed by atoms with Crippen LogP contribution in [0.2, 0.25) is 0 Å². The summed E-state index contributed by atoms with van der Waals surface area (Å²) >= 11 is 0. The van der Waals surface area contributed by atoms with Crippen LogP contribution in [0.15, 0.2) is 24.3 Å². The van der Waals surface area contributed by atoms with Gasteiger partial charge < -0.3 is 9.80 Å². The van der Waals surface area contributed by atoms with Crippen LogP contribution in [0.25, 0.3) is 0 Å². The summed E-state index contributed by atoms with van der Waals surface area (Å²) in [6, 6.07) is 7.23. The second-order valence-electron chi connectivity index (χ2n) is 7.57. The molecule has 0 N–H and O–H groups in total. The number of carbonyl (C=O) groups is 2. The van der Waals surface area contributed by atoms with Crippen molar-refractivity contribution in [3.05, 3.63) is 35.4 Å². The van der Waals surface area contributed by atoms with E-state index in [2.05, 4.69) is 13.8 Å². The molecule has 130 valence electrons. The summed E-state index contributed by atoms with van der Waals surface area (Å²) < 4.78 is 0. The zero-order valence-corrected chi connectivity index (χ0v) is 14.8. The SMILES string of the molecule is C[C@@H]1CCCN(C(=O)c2ccc(C(=O)N3CCC[C@@H](C)C3)cc2)C1. The van der Waals surface area contributed by atoms with Crippen molar-refractivity contribution in [3.8, 4) is 0 Å². The first-order valence-electron chi connectivity index (χ1n) is 9.23. The fraction of sp³-hybridized carbons (Fsp3) is 0.600. The molecule has 1 aromatic rings. The Hall–Kier alpha value is -1.84. The molecule has 2 amide bonds. The molecule has 4 heteroatoms. The Morgan fingerprint density at radius 2 is 1.17 bits per heavy atom. The van der Waals surface area contributed by atoms with Gasteiger partial charge in [0.25, 0.3) is 11.8 Å². The van der Waals surface area contributed by atoms with E-state index in [1.807, 2.05) is 34.1 Å². The third-order valence-corrected chi connectivity index (χ3v) is 5.27. The van der Waals surface area contributed by atoms with Crippen molar-refractivity contribution in [1.29, 1.82) is 0 Å². The summed E-state index contributed by atoms with van der Waals surface area (Å²) in [6.07, 6.45) is 4.56. The third kappa shape index (κ3) is 3.80. The molecule has 0 bridgehead atoms. The van der Waals surface area contributed by atoms with E-state index in [1.54, 1.807) is 0 Å². The molecule has 0 radical (unpaired) electrons.